The van der Waals surface area contributed by atoms with E-state index in [1.807, 2.05) is 6.92 Å². The largest absolute Gasteiger partial charge is 0.342 e. The molecule has 4 heteroatoms. The van der Waals surface area contributed by atoms with Crippen LogP contribution < -0.4 is 5.73 Å². The first-order valence-corrected chi connectivity index (χ1v) is 5.56. The third-order valence-electron chi connectivity index (χ3n) is 2.88. The number of amides is 1. The molecule has 0 heterocycles. The van der Waals surface area contributed by atoms with E-state index in [1.165, 1.54) is 11.1 Å². The number of benzene rings is 1. The van der Waals surface area contributed by atoms with E-state index in [0.29, 0.717) is 0 Å². The molecule has 0 saturated heterocycles. The first-order chi connectivity index (χ1) is 7.54. The van der Waals surface area contributed by atoms with Gasteiger partial charge in [-0.2, -0.15) is 0 Å². The number of aryl methyl sites for hydroxylation is 1. The zero-order chi connectivity index (χ0) is 12.1. The third-order valence-corrected chi connectivity index (χ3v) is 2.88. The van der Waals surface area contributed by atoms with Gasteiger partial charge in [0.15, 0.2) is 0 Å². The zero-order valence-corrected chi connectivity index (χ0v) is 11.5. The van der Waals surface area contributed by atoms with Crippen LogP contribution in [0.1, 0.15) is 18.1 Å². The number of carbonyl (C=O) groups excluding carboxylic acids is 1. The predicted octanol–water partition coefficient (Wildman–Crippen LogP) is 1.76. The van der Waals surface area contributed by atoms with Crippen LogP contribution in [0.15, 0.2) is 24.3 Å². The van der Waals surface area contributed by atoms with E-state index in [0.717, 1.165) is 6.42 Å². The summed E-state index contributed by atoms with van der Waals surface area (Å²) in [5.41, 5.74) is 7.83. The summed E-state index contributed by atoms with van der Waals surface area (Å²) < 4.78 is 0. The van der Waals surface area contributed by atoms with Gasteiger partial charge in [0, 0.05) is 13.1 Å². The number of hydrogen-bond donors (Lipinski definition) is 1. The molecule has 0 radical (unpaired) electrons. The lowest BCUT2D eigenvalue weighted by Gasteiger charge is -2.24. The molecule has 0 saturated carbocycles. The number of likely N-dealkylation sites (N-methyl/N-ethyl adjacent to an activating group) is 1. The van der Waals surface area contributed by atoms with E-state index < -0.39 is 0 Å². The van der Waals surface area contributed by atoms with Crippen LogP contribution in [0.3, 0.4) is 0 Å². The fourth-order valence-electron chi connectivity index (χ4n) is 1.59. The van der Waals surface area contributed by atoms with Gasteiger partial charge in [0.05, 0.1) is 6.54 Å². The molecule has 1 aromatic carbocycles. The number of nitrogens with two attached hydrogens (primary N) is 1. The molecule has 0 aliphatic carbocycles. The van der Waals surface area contributed by atoms with Gasteiger partial charge in [-0.1, -0.05) is 29.8 Å². The average molecular weight is 257 g/mol. The summed E-state index contributed by atoms with van der Waals surface area (Å²) in [6, 6.07) is 8.57. The normalized spacial score (nSPS) is 11.5. The van der Waals surface area contributed by atoms with E-state index >= 15 is 0 Å². The first kappa shape index (κ1) is 15.9. The maximum atomic E-state index is 11.4. The maximum Gasteiger partial charge on any atom is 0.236 e. The topological polar surface area (TPSA) is 46.3 Å². The number of carbonyl (C=O) groups is 1. The summed E-state index contributed by atoms with van der Waals surface area (Å²) in [6.45, 7) is 4.18. The van der Waals surface area contributed by atoms with E-state index in [1.54, 1.807) is 11.9 Å². The van der Waals surface area contributed by atoms with Crippen LogP contribution >= 0.6 is 12.4 Å². The van der Waals surface area contributed by atoms with Crippen molar-refractivity contribution in [3.8, 4) is 0 Å². The van der Waals surface area contributed by atoms with Gasteiger partial charge in [-0.15, -0.1) is 12.4 Å². The van der Waals surface area contributed by atoms with Gasteiger partial charge in [0.1, 0.15) is 0 Å². The van der Waals surface area contributed by atoms with Crippen molar-refractivity contribution >= 4 is 18.3 Å². The van der Waals surface area contributed by atoms with Crippen molar-refractivity contribution in [3.63, 3.8) is 0 Å². The first-order valence-electron chi connectivity index (χ1n) is 5.56. The molecule has 0 aliphatic rings. The van der Waals surface area contributed by atoms with Crippen LogP contribution in [0, 0.1) is 6.92 Å². The Hall–Kier alpha value is -1.06. The van der Waals surface area contributed by atoms with Gasteiger partial charge in [-0.05, 0) is 25.8 Å². The Morgan fingerprint density at radius 3 is 2.35 bits per heavy atom. The van der Waals surface area contributed by atoms with E-state index in [9.17, 15) is 4.79 Å². The highest BCUT2D eigenvalue weighted by atomic mass is 35.5. The molecule has 1 unspecified atom stereocenters. The Bertz CT molecular complexity index is 351. The fourth-order valence-corrected chi connectivity index (χ4v) is 1.59. The highest BCUT2D eigenvalue weighted by Gasteiger charge is 2.14. The van der Waals surface area contributed by atoms with Gasteiger partial charge < -0.3 is 10.6 Å². The van der Waals surface area contributed by atoms with Crippen molar-refractivity contribution in [1.29, 1.82) is 0 Å². The average Bonchev–Trinajstić information content (AvgIpc) is 2.30. The minimum absolute atomic E-state index is 0. The number of nitrogens with zero attached hydrogens (tertiary/aromatic N) is 1. The van der Waals surface area contributed by atoms with Crippen molar-refractivity contribution in [1.82, 2.24) is 4.90 Å². The summed E-state index contributed by atoms with van der Waals surface area (Å²) >= 11 is 0. The molecule has 1 amide bonds. The Balaban J connectivity index is 0.00000256. The molecule has 0 spiro atoms. The molecule has 1 rings (SSSR count). The zero-order valence-electron chi connectivity index (χ0n) is 10.6. The fraction of sp³-hybridized carbons (Fsp3) is 0.462. The van der Waals surface area contributed by atoms with Gasteiger partial charge in [0.25, 0.3) is 0 Å². The molecule has 0 bridgehead atoms. The van der Waals surface area contributed by atoms with Crippen LogP contribution in [0.2, 0.25) is 0 Å². The van der Waals surface area contributed by atoms with Crippen molar-refractivity contribution in [2.24, 2.45) is 5.73 Å². The van der Waals surface area contributed by atoms with Crippen molar-refractivity contribution in [2.45, 2.75) is 26.3 Å². The molecular formula is C13H21ClN2O. The molecule has 0 fully saturated rings. The summed E-state index contributed by atoms with van der Waals surface area (Å²) in [5, 5.41) is 0. The van der Waals surface area contributed by atoms with Crippen LogP contribution in [-0.2, 0) is 11.2 Å². The van der Waals surface area contributed by atoms with E-state index in [2.05, 4.69) is 31.2 Å². The standard InChI is InChI=1S/C13H20N2O.ClH/c1-10-4-6-12(7-5-10)8-11(2)15(3)13(16)9-14;/h4-7,11H,8-9,14H2,1-3H3;1H. The Morgan fingerprint density at radius 1 is 1.35 bits per heavy atom. The third kappa shape index (κ3) is 4.75. The summed E-state index contributed by atoms with van der Waals surface area (Å²) in [7, 11) is 1.80. The molecule has 2 N–H and O–H groups in total. The molecule has 17 heavy (non-hydrogen) atoms. The monoisotopic (exact) mass is 256 g/mol. The van der Waals surface area contributed by atoms with Crippen LogP contribution in [0.5, 0.6) is 0 Å². The lowest BCUT2D eigenvalue weighted by atomic mass is 10.0. The second-order valence-corrected chi connectivity index (χ2v) is 4.25. The minimum atomic E-state index is -0.0142. The summed E-state index contributed by atoms with van der Waals surface area (Å²) in [6.07, 6.45) is 0.864. The Labute approximate surface area is 109 Å². The molecule has 1 aromatic rings. The van der Waals surface area contributed by atoms with Crippen molar-refractivity contribution in [2.75, 3.05) is 13.6 Å². The number of hydrogen-bond acceptors (Lipinski definition) is 2. The molecular weight excluding hydrogens is 236 g/mol. The molecule has 0 aliphatic heterocycles. The Morgan fingerprint density at radius 2 is 1.88 bits per heavy atom. The molecule has 96 valence electrons. The summed E-state index contributed by atoms with van der Waals surface area (Å²) in [4.78, 5) is 13.1. The van der Waals surface area contributed by atoms with Gasteiger partial charge >= 0.3 is 0 Å². The van der Waals surface area contributed by atoms with Crippen LogP contribution in [-0.4, -0.2) is 30.4 Å². The predicted molar refractivity (Wildman–Crippen MR) is 73.4 cm³/mol. The maximum absolute atomic E-state index is 11.4. The van der Waals surface area contributed by atoms with Gasteiger partial charge in [-0.3, -0.25) is 4.79 Å². The SMILES string of the molecule is Cc1ccc(CC(C)N(C)C(=O)CN)cc1.Cl. The van der Waals surface area contributed by atoms with Crippen molar-refractivity contribution in [3.05, 3.63) is 35.4 Å². The summed E-state index contributed by atoms with van der Waals surface area (Å²) in [5.74, 6) is -0.0142. The quantitative estimate of drug-likeness (QED) is 0.893. The smallest absolute Gasteiger partial charge is 0.236 e. The molecule has 1 atom stereocenters. The number of halogens is 1. The minimum Gasteiger partial charge on any atom is -0.342 e. The number of rotatable bonds is 4. The highest BCUT2D eigenvalue weighted by molar-refractivity contribution is 5.85. The van der Waals surface area contributed by atoms with E-state index in [4.69, 9.17) is 5.73 Å². The molecule has 3 nitrogen and oxygen atoms in total. The van der Waals surface area contributed by atoms with Crippen molar-refractivity contribution < 1.29 is 4.79 Å². The van der Waals surface area contributed by atoms with Gasteiger partial charge in [-0.25, -0.2) is 0 Å². The lowest BCUT2D eigenvalue weighted by Crippen LogP contribution is -2.40. The van der Waals surface area contributed by atoms with Gasteiger partial charge in [0.2, 0.25) is 5.91 Å². The van der Waals surface area contributed by atoms with Crippen LogP contribution in [0.25, 0.3) is 0 Å². The highest BCUT2D eigenvalue weighted by Crippen LogP contribution is 2.09. The molecule has 0 aromatic heterocycles. The van der Waals surface area contributed by atoms with Crippen LogP contribution in [0.4, 0.5) is 0 Å². The lowest BCUT2D eigenvalue weighted by molar-refractivity contribution is -0.130. The Kier molecular flexibility index (Phi) is 6.85. The second-order valence-electron chi connectivity index (χ2n) is 4.25. The second kappa shape index (κ2) is 7.30. The van der Waals surface area contributed by atoms with E-state index in [-0.39, 0.29) is 30.9 Å².